The van der Waals surface area contributed by atoms with Crippen molar-refractivity contribution >= 4 is 0 Å². The quantitative estimate of drug-likeness (QED) is 0.709. The summed E-state index contributed by atoms with van der Waals surface area (Å²) >= 11 is 0. The molecule has 0 bridgehead atoms. The van der Waals surface area contributed by atoms with Gasteiger partial charge in [-0.2, -0.15) is 0 Å². The average Bonchev–Trinajstić information content (AvgIpc) is 2.94. The Morgan fingerprint density at radius 1 is 0.625 bits per heavy atom. The second-order valence-corrected chi connectivity index (χ2v) is 5.50. The summed E-state index contributed by atoms with van der Waals surface area (Å²) < 4.78 is 71.8. The summed E-state index contributed by atoms with van der Waals surface area (Å²) in [4.78, 5) is 0. The summed E-state index contributed by atoms with van der Waals surface area (Å²) in [5.41, 5.74) is 1.45. The lowest BCUT2D eigenvalue weighted by molar-refractivity contribution is -0.287. The number of hydrogen-bond acceptors (Lipinski definition) is 4. The molecule has 0 atom stereocenters. The van der Waals surface area contributed by atoms with Gasteiger partial charge in [0.15, 0.2) is 23.0 Å². The minimum absolute atomic E-state index is 0.178. The van der Waals surface area contributed by atoms with E-state index >= 15 is 0 Å². The van der Waals surface area contributed by atoms with Gasteiger partial charge in [0, 0.05) is 11.1 Å². The number of fused-ring (bicyclic) bond motifs is 2. The molecule has 0 amide bonds. The maximum absolute atomic E-state index is 13.4. The van der Waals surface area contributed by atoms with Crippen molar-refractivity contribution < 1.29 is 36.5 Å². The Labute approximate surface area is 133 Å². The molecule has 24 heavy (non-hydrogen) atoms. The van der Waals surface area contributed by atoms with Crippen LogP contribution in [0, 0.1) is 13.8 Å². The molecule has 0 radical (unpaired) electrons. The molecule has 0 saturated carbocycles. The van der Waals surface area contributed by atoms with Crippen LogP contribution in [0.25, 0.3) is 11.1 Å². The van der Waals surface area contributed by atoms with Crippen LogP contribution >= 0.6 is 0 Å². The molecule has 0 spiro atoms. The first kappa shape index (κ1) is 14.9. The predicted molar refractivity (Wildman–Crippen MR) is 73.8 cm³/mol. The SMILES string of the molecule is Cc1ccc2c(c1-c1c(C)ccc3c1OC(F)(F)O3)OC(F)(F)O2. The van der Waals surface area contributed by atoms with Crippen molar-refractivity contribution in [2.24, 2.45) is 0 Å². The molecular formula is C16H10F4O4. The Bertz CT molecular complexity index is 792. The van der Waals surface area contributed by atoms with Gasteiger partial charge in [-0.05, 0) is 37.1 Å². The molecular weight excluding hydrogens is 332 g/mol. The smallest absolute Gasteiger partial charge is 0.395 e. The molecule has 2 aliphatic heterocycles. The second-order valence-electron chi connectivity index (χ2n) is 5.50. The highest BCUT2D eigenvalue weighted by molar-refractivity contribution is 5.85. The maximum Gasteiger partial charge on any atom is 0.586 e. The molecule has 2 aromatic carbocycles. The molecule has 0 aromatic heterocycles. The van der Waals surface area contributed by atoms with Crippen molar-refractivity contribution in [2.45, 2.75) is 26.4 Å². The van der Waals surface area contributed by atoms with Crippen LogP contribution in [-0.4, -0.2) is 12.6 Å². The van der Waals surface area contributed by atoms with E-state index in [0.29, 0.717) is 11.1 Å². The largest absolute Gasteiger partial charge is 0.586 e. The van der Waals surface area contributed by atoms with Gasteiger partial charge in [0.1, 0.15) is 0 Å². The number of rotatable bonds is 1. The summed E-state index contributed by atoms with van der Waals surface area (Å²) in [6, 6.07) is 5.73. The minimum Gasteiger partial charge on any atom is -0.395 e. The monoisotopic (exact) mass is 342 g/mol. The Morgan fingerprint density at radius 2 is 1.00 bits per heavy atom. The Balaban J connectivity index is 1.98. The van der Waals surface area contributed by atoms with Gasteiger partial charge < -0.3 is 18.9 Å². The number of ether oxygens (including phenoxy) is 4. The Morgan fingerprint density at radius 3 is 1.38 bits per heavy atom. The Hall–Kier alpha value is -2.64. The van der Waals surface area contributed by atoms with E-state index in [1.165, 1.54) is 24.3 Å². The first-order valence-corrected chi connectivity index (χ1v) is 6.96. The topological polar surface area (TPSA) is 36.9 Å². The molecule has 4 nitrogen and oxygen atoms in total. The lowest BCUT2D eigenvalue weighted by Gasteiger charge is -2.14. The van der Waals surface area contributed by atoms with Crippen LogP contribution < -0.4 is 18.9 Å². The van der Waals surface area contributed by atoms with Crippen LogP contribution in [0.15, 0.2) is 24.3 Å². The maximum atomic E-state index is 13.4. The van der Waals surface area contributed by atoms with E-state index in [2.05, 4.69) is 18.9 Å². The fraction of sp³-hybridized carbons (Fsp3) is 0.250. The number of hydrogen-bond donors (Lipinski definition) is 0. The van der Waals surface area contributed by atoms with E-state index in [4.69, 9.17) is 0 Å². The number of halogens is 4. The van der Waals surface area contributed by atoms with Crippen molar-refractivity contribution in [3.8, 4) is 34.1 Å². The summed E-state index contributed by atoms with van der Waals surface area (Å²) in [7, 11) is 0. The molecule has 0 unspecified atom stereocenters. The second kappa shape index (κ2) is 4.46. The highest BCUT2D eigenvalue weighted by atomic mass is 19.3. The average molecular weight is 342 g/mol. The van der Waals surface area contributed by atoms with Gasteiger partial charge in [-0.1, -0.05) is 12.1 Å². The lowest BCUT2D eigenvalue weighted by Crippen LogP contribution is -2.26. The zero-order valence-electron chi connectivity index (χ0n) is 12.5. The van der Waals surface area contributed by atoms with Gasteiger partial charge in [0.2, 0.25) is 0 Å². The summed E-state index contributed by atoms with van der Waals surface area (Å²) in [6.07, 6.45) is -7.64. The zero-order chi connectivity index (χ0) is 17.3. The molecule has 0 saturated heterocycles. The van der Waals surface area contributed by atoms with Gasteiger partial charge in [-0.25, -0.2) is 0 Å². The first-order valence-electron chi connectivity index (χ1n) is 6.96. The summed E-state index contributed by atoms with van der Waals surface area (Å²) in [6.45, 7) is 3.28. The summed E-state index contributed by atoms with van der Waals surface area (Å²) in [5.74, 6) is -0.808. The van der Waals surface area contributed by atoms with E-state index < -0.39 is 12.6 Å². The highest BCUT2D eigenvalue weighted by Crippen LogP contribution is 2.55. The van der Waals surface area contributed by atoms with Gasteiger partial charge in [0.05, 0.1) is 0 Å². The van der Waals surface area contributed by atoms with E-state index in [-0.39, 0.29) is 34.1 Å². The van der Waals surface area contributed by atoms with Crippen LogP contribution in [0.5, 0.6) is 23.0 Å². The van der Waals surface area contributed by atoms with Crippen LogP contribution in [-0.2, 0) is 0 Å². The van der Waals surface area contributed by atoms with Crippen molar-refractivity contribution in [1.82, 2.24) is 0 Å². The van der Waals surface area contributed by atoms with Crippen molar-refractivity contribution in [2.75, 3.05) is 0 Å². The fourth-order valence-electron chi connectivity index (χ4n) is 2.84. The van der Waals surface area contributed by atoms with E-state index in [0.717, 1.165) is 0 Å². The van der Waals surface area contributed by atoms with Gasteiger partial charge in [-0.3, -0.25) is 0 Å². The van der Waals surface area contributed by atoms with Gasteiger partial charge in [0.25, 0.3) is 0 Å². The molecule has 8 heteroatoms. The van der Waals surface area contributed by atoms with Crippen molar-refractivity contribution in [3.63, 3.8) is 0 Å². The molecule has 4 rings (SSSR count). The number of aryl methyl sites for hydroxylation is 2. The predicted octanol–water partition coefficient (Wildman–Crippen LogP) is 4.61. The number of alkyl halides is 4. The molecule has 2 aromatic rings. The number of benzene rings is 2. The first-order chi connectivity index (χ1) is 11.2. The lowest BCUT2D eigenvalue weighted by atomic mass is 9.94. The van der Waals surface area contributed by atoms with Gasteiger partial charge >= 0.3 is 12.6 Å². The molecule has 0 N–H and O–H groups in total. The normalized spacial score (nSPS) is 18.8. The van der Waals surface area contributed by atoms with Crippen LogP contribution in [0.2, 0.25) is 0 Å². The van der Waals surface area contributed by atoms with Crippen LogP contribution in [0.4, 0.5) is 17.6 Å². The molecule has 2 heterocycles. The van der Waals surface area contributed by atoms with Crippen molar-refractivity contribution in [1.29, 1.82) is 0 Å². The third-order valence-corrected chi connectivity index (χ3v) is 3.81. The van der Waals surface area contributed by atoms with E-state index in [9.17, 15) is 17.6 Å². The standard InChI is InChI=1S/C16H10F4O4/c1-7-3-5-9-13(23-15(17,18)21-9)11(7)12-8(2)4-6-10-14(12)24-16(19,20)22-10/h3-6H,1-2H3. The minimum atomic E-state index is -3.82. The van der Waals surface area contributed by atoms with E-state index in [1.807, 2.05) is 0 Å². The Kier molecular flexibility index (Phi) is 2.77. The van der Waals surface area contributed by atoms with Crippen LogP contribution in [0.1, 0.15) is 11.1 Å². The van der Waals surface area contributed by atoms with Crippen LogP contribution in [0.3, 0.4) is 0 Å². The highest BCUT2D eigenvalue weighted by Gasteiger charge is 2.48. The molecule has 2 aliphatic rings. The van der Waals surface area contributed by atoms with Crippen molar-refractivity contribution in [3.05, 3.63) is 35.4 Å². The molecule has 0 aliphatic carbocycles. The van der Waals surface area contributed by atoms with Gasteiger partial charge in [-0.15, -0.1) is 17.6 Å². The van der Waals surface area contributed by atoms with E-state index in [1.54, 1.807) is 13.8 Å². The third kappa shape index (κ3) is 2.13. The fourth-order valence-corrected chi connectivity index (χ4v) is 2.84. The zero-order valence-corrected chi connectivity index (χ0v) is 12.5. The molecule has 0 fully saturated rings. The third-order valence-electron chi connectivity index (χ3n) is 3.81. The summed E-state index contributed by atoms with van der Waals surface area (Å²) in [5, 5.41) is 0. The molecule has 126 valence electrons.